The Morgan fingerprint density at radius 1 is 0.971 bits per heavy atom. The van der Waals surface area contributed by atoms with Crippen LogP contribution < -0.4 is 5.32 Å². The monoisotopic (exact) mass is 519 g/mol. The first-order valence-corrected chi connectivity index (χ1v) is 9.97. The Balaban J connectivity index is 0.000000362. The first-order valence-electron chi connectivity index (χ1n) is 9.97. The topological polar surface area (TPSA) is 110 Å². The predicted molar refractivity (Wildman–Crippen MR) is 107 cm³/mol. The van der Waals surface area contributed by atoms with Crippen molar-refractivity contribution in [2.75, 3.05) is 27.2 Å². The SMILES string of the molecule is CNC(=O)[C@@H]1C[C@H]2CN(Cc3ccc(F)cc3)C[C@H]2N1C.O=C(O)C(F)(F)F.O=C(O)C(F)(F)F. The van der Waals surface area contributed by atoms with Gasteiger partial charge in [0.05, 0.1) is 6.04 Å². The Labute approximate surface area is 195 Å². The fraction of sp³-hybridized carbons (Fsp3) is 0.550. The van der Waals surface area contributed by atoms with Crippen LogP contribution >= 0.6 is 0 Å². The lowest BCUT2D eigenvalue weighted by Gasteiger charge is -2.25. The van der Waals surface area contributed by atoms with Crippen LogP contribution in [-0.4, -0.2) is 89.5 Å². The predicted octanol–water partition coefficient (Wildman–Crippen LogP) is 2.34. The number of hydrogen-bond acceptors (Lipinski definition) is 5. The maximum absolute atomic E-state index is 12.9. The summed E-state index contributed by atoms with van der Waals surface area (Å²) in [6, 6.07) is 7.19. The third kappa shape index (κ3) is 9.32. The van der Waals surface area contributed by atoms with E-state index in [0.29, 0.717) is 12.0 Å². The highest BCUT2D eigenvalue weighted by atomic mass is 19.4. The maximum atomic E-state index is 12.9. The van der Waals surface area contributed by atoms with Crippen molar-refractivity contribution in [2.24, 2.45) is 5.92 Å². The number of halogens is 7. The summed E-state index contributed by atoms with van der Waals surface area (Å²) in [4.78, 5) is 34.3. The van der Waals surface area contributed by atoms with Gasteiger partial charge in [0.25, 0.3) is 0 Å². The van der Waals surface area contributed by atoms with Crippen molar-refractivity contribution in [2.45, 2.75) is 37.4 Å². The van der Waals surface area contributed by atoms with Crippen molar-refractivity contribution in [1.29, 1.82) is 0 Å². The Morgan fingerprint density at radius 2 is 1.43 bits per heavy atom. The van der Waals surface area contributed by atoms with Crippen LogP contribution in [0.5, 0.6) is 0 Å². The van der Waals surface area contributed by atoms with Crippen LogP contribution in [0.15, 0.2) is 24.3 Å². The van der Waals surface area contributed by atoms with Gasteiger partial charge in [-0.15, -0.1) is 0 Å². The molecule has 8 nitrogen and oxygen atoms in total. The van der Waals surface area contributed by atoms with Gasteiger partial charge in [0, 0.05) is 32.7 Å². The van der Waals surface area contributed by atoms with Gasteiger partial charge in [-0.25, -0.2) is 14.0 Å². The average molecular weight is 519 g/mol. The largest absolute Gasteiger partial charge is 0.490 e. The molecule has 198 valence electrons. The number of likely N-dealkylation sites (N-methyl/N-ethyl adjacent to an activating group) is 2. The van der Waals surface area contributed by atoms with E-state index in [1.54, 1.807) is 7.05 Å². The van der Waals surface area contributed by atoms with Crippen molar-refractivity contribution >= 4 is 17.8 Å². The number of nitrogens with one attached hydrogen (secondary N) is 1. The molecule has 0 spiro atoms. The van der Waals surface area contributed by atoms with Gasteiger partial charge in [-0.1, -0.05) is 12.1 Å². The van der Waals surface area contributed by atoms with E-state index in [-0.39, 0.29) is 17.8 Å². The van der Waals surface area contributed by atoms with Crippen LogP contribution in [0.2, 0.25) is 0 Å². The lowest BCUT2D eigenvalue weighted by Crippen LogP contribution is -2.44. The Kier molecular flexibility index (Phi) is 10.4. The van der Waals surface area contributed by atoms with Crippen LogP contribution in [-0.2, 0) is 20.9 Å². The molecule has 2 aliphatic rings. The number of carbonyl (C=O) groups excluding carboxylic acids is 1. The molecule has 3 rings (SSSR count). The maximum Gasteiger partial charge on any atom is 0.490 e. The van der Waals surface area contributed by atoms with Crippen LogP contribution in [0.1, 0.15) is 12.0 Å². The van der Waals surface area contributed by atoms with Crippen LogP contribution in [0.4, 0.5) is 30.7 Å². The molecule has 1 aromatic carbocycles. The molecule has 0 aliphatic carbocycles. The highest BCUT2D eigenvalue weighted by molar-refractivity contribution is 5.81. The minimum atomic E-state index is -5.08. The minimum Gasteiger partial charge on any atom is -0.475 e. The summed E-state index contributed by atoms with van der Waals surface area (Å²) in [5.41, 5.74) is 1.14. The average Bonchev–Trinajstić information content (AvgIpc) is 3.27. The number of aliphatic carboxylic acids is 2. The van der Waals surface area contributed by atoms with E-state index < -0.39 is 24.3 Å². The first kappa shape index (κ1) is 30.1. The molecule has 0 aromatic heterocycles. The highest BCUT2D eigenvalue weighted by Gasteiger charge is 2.46. The molecule has 15 heteroatoms. The van der Waals surface area contributed by atoms with E-state index in [0.717, 1.165) is 31.6 Å². The molecule has 3 atom stereocenters. The van der Waals surface area contributed by atoms with Crippen molar-refractivity contribution < 1.29 is 55.3 Å². The normalized spacial score (nSPS) is 22.3. The molecule has 1 amide bonds. The quantitative estimate of drug-likeness (QED) is 0.526. The summed E-state index contributed by atoms with van der Waals surface area (Å²) in [5.74, 6) is -5.03. The molecule has 0 radical (unpaired) electrons. The summed E-state index contributed by atoms with van der Waals surface area (Å²) in [7, 11) is 3.75. The Bertz CT molecular complexity index is 853. The standard InChI is InChI=1S/C16H22FN3O.2C2HF3O2/c1-18-16(21)14-7-12-9-20(10-15(12)19(14)2)8-11-3-5-13(17)6-4-11;2*3-2(4,5)1(6)7/h3-6,12,14-15H,7-10H2,1-2H3,(H,18,21);2*(H,6,7)/t12-,14-,15+;;/m0../s1. The van der Waals surface area contributed by atoms with E-state index >= 15 is 0 Å². The molecule has 2 aliphatic heterocycles. The first-order chi connectivity index (χ1) is 16.0. The lowest BCUT2D eigenvalue weighted by atomic mass is 10.0. The second-order valence-electron chi connectivity index (χ2n) is 7.79. The van der Waals surface area contributed by atoms with Gasteiger partial charge in [-0.05, 0) is 37.1 Å². The van der Waals surface area contributed by atoms with Gasteiger partial charge in [-0.2, -0.15) is 26.3 Å². The fourth-order valence-corrected chi connectivity index (χ4v) is 3.75. The molecular weight excluding hydrogens is 495 g/mol. The summed E-state index contributed by atoms with van der Waals surface area (Å²) < 4.78 is 76.4. The number of nitrogens with zero attached hydrogens (tertiary/aromatic N) is 2. The second-order valence-corrected chi connectivity index (χ2v) is 7.79. The van der Waals surface area contributed by atoms with Gasteiger partial charge in [0.2, 0.25) is 5.91 Å². The van der Waals surface area contributed by atoms with E-state index in [9.17, 15) is 35.5 Å². The van der Waals surface area contributed by atoms with E-state index in [1.165, 1.54) is 12.1 Å². The Hall–Kier alpha value is -2.94. The van der Waals surface area contributed by atoms with Crippen LogP contribution in [0.25, 0.3) is 0 Å². The minimum absolute atomic E-state index is 0.0120. The lowest BCUT2D eigenvalue weighted by molar-refractivity contribution is -0.193. The number of fused-ring (bicyclic) bond motifs is 1. The molecule has 2 fully saturated rings. The number of carbonyl (C=O) groups is 3. The number of carboxylic acid groups (broad SMARTS) is 2. The van der Waals surface area contributed by atoms with Gasteiger partial charge < -0.3 is 15.5 Å². The van der Waals surface area contributed by atoms with E-state index in [1.807, 2.05) is 19.2 Å². The van der Waals surface area contributed by atoms with Crippen molar-refractivity contribution in [3.63, 3.8) is 0 Å². The molecular formula is C20H24F7N3O5. The number of likely N-dealkylation sites (tertiary alicyclic amines) is 2. The molecule has 35 heavy (non-hydrogen) atoms. The number of rotatable bonds is 3. The molecule has 0 unspecified atom stereocenters. The number of benzene rings is 1. The highest BCUT2D eigenvalue weighted by Crippen LogP contribution is 2.35. The van der Waals surface area contributed by atoms with Gasteiger partial charge >= 0.3 is 24.3 Å². The summed E-state index contributed by atoms with van der Waals surface area (Å²) in [5, 5.41) is 17.0. The van der Waals surface area contributed by atoms with Crippen molar-refractivity contribution in [3.05, 3.63) is 35.6 Å². The molecule has 3 N–H and O–H groups in total. The molecule has 1 aromatic rings. The Morgan fingerprint density at radius 3 is 1.80 bits per heavy atom. The third-order valence-corrected chi connectivity index (χ3v) is 5.38. The molecule has 0 bridgehead atoms. The number of alkyl halides is 6. The zero-order chi connectivity index (χ0) is 27.1. The zero-order valence-corrected chi connectivity index (χ0v) is 18.5. The van der Waals surface area contributed by atoms with Gasteiger partial charge in [-0.3, -0.25) is 14.6 Å². The number of hydrogen-bond donors (Lipinski definition) is 3. The second kappa shape index (κ2) is 12.2. The van der Waals surface area contributed by atoms with E-state index in [2.05, 4.69) is 15.1 Å². The van der Waals surface area contributed by atoms with E-state index in [4.69, 9.17) is 19.8 Å². The van der Waals surface area contributed by atoms with Gasteiger partial charge in [0.1, 0.15) is 5.82 Å². The van der Waals surface area contributed by atoms with Crippen molar-refractivity contribution in [3.8, 4) is 0 Å². The summed E-state index contributed by atoms with van der Waals surface area (Å²) >= 11 is 0. The third-order valence-electron chi connectivity index (χ3n) is 5.38. The van der Waals surface area contributed by atoms with Crippen LogP contribution in [0, 0.1) is 11.7 Å². The summed E-state index contributed by atoms with van der Waals surface area (Å²) in [6.07, 6.45) is -9.24. The van der Waals surface area contributed by atoms with Crippen molar-refractivity contribution in [1.82, 2.24) is 15.1 Å². The number of amides is 1. The molecule has 2 heterocycles. The van der Waals surface area contributed by atoms with Gasteiger partial charge in [0.15, 0.2) is 0 Å². The summed E-state index contributed by atoms with van der Waals surface area (Å²) in [6.45, 7) is 2.84. The van der Waals surface area contributed by atoms with Crippen LogP contribution in [0.3, 0.4) is 0 Å². The molecule has 0 saturated carbocycles. The molecule has 2 saturated heterocycles. The smallest absolute Gasteiger partial charge is 0.475 e. The zero-order valence-electron chi connectivity index (χ0n) is 18.5. The number of carboxylic acids is 2. The fourth-order valence-electron chi connectivity index (χ4n) is 3.75.